The molecule has 1 amide bonds. The van der Waals surface area contributed by atoms with Crippen molar-refractivity contribution in [2.45, 2.75) is 82.2 Å². The molecule has 3 aliphatic rings. The van der Waals surface area contributed by atoms with Gasteiger partial charge in [0.2, 0.25) is 0 Å². The summed E-state index contributed by atoms with van der Waals surface area (Å²) in [6.07, 6.45) is 6.35. The lowest BCUT2D eigenvalue weighted by Crippen LogP contribution is -2.43. The third-order valence-electron chi connectivity index (χ3n) is 9.50. The first-order chi connectivity index (χ1) is 22.6. The van der Waals surface area contributed by atoms with Crippen molar-refractivity contribution in [1.82, 2.24) is 15.2 Å². The number of piperidine rings is 1. The minimum atomic E-state index is -4.31. The number of likely N-dealkylation sites (tertiary alicyclic amines) is 1. The highest BCUT2D eigenvalue weighted by Crippen LogP contribution is 2.32. The van der Waals surface area contributed by atoms with Gasteiger partial charge in [-0.25, -0.2) is 4.98 Å². The maximum atomic E-state index is 13.0. The molecule has 8 nitrogen and oxygen atoms in total. The second kappa shape index (κ2) is 14.1. The zero-order valence-corrected chi connectivity index (χ0v) is 26.0. The number of carbonyl (C=O) groups is 2. The summed E-state index contributed by atoms with van der Waals surface area (Å²) < 4.78 is 50.8. The summed E-state index contributed by atoms with van der Waals surface area (Å²) in [7, 11) is 0. The maximum Gasteiger partial charge on any atom is 0.416 e. The highest BCUT2D eigenvalue weighted by molar-refractivity contribution is 5.96. The summed E-state index contributed by atoms with van der Waals surface area (Å²) in [5.74, 6) is 0.769. The first-order valence-corrected chi connectivity index (χ1v) is 16.3. The minimum Gasteiger partial charge on any atom is -0.490 e. The van der Waals surface area contributed by atoms with Gasteiger partial charge in [0.25, 0.3) is 5.89 Å². The smallest absolute Gasteiger partial charge is 0.416 e. The lowest BCUT2D eigenvalue weighted by atomic mass is 9.82. The molecule has 47 heavy (non-hydrogen) atoms. The molecule has 3 aromatic rings. The molecule has 2 aromatic carbocycles. The molecule has 0 spiro atoms. The number of ether oxygens (including phenoxy) is 1. The van der Waals surface area contributed by atoms with Gasteiger partial charge in [0.1, 0.15) is 17.4 Å². The number of rotatable bonds is 9. The highest BCUT2D eigenvalue weighted by Gasteiger charge is 2.34. The average Bonchev–Trinajstić information content (AvgIpc) is 3.52. The van der Waals surface area contributed by atoms with E-state index < -0.39 is 11.7 Å². The molecule has 246 valence electrons. The predicted molar refractivity (Wildman–Crippen MR) is 169 cm³/mol. The van der Waals surface area contributed by atoms with E-state index in [4.69, 9.17) is 14.4 Å². The Bertz CT molecular complexity index is 1690. The van der Waals surface area contributed by atoms with Crippen molar-refractivity contribution in [3.05, 3.63) is 83.3 Å². The molecule has 2 aliphatic carbocycles. The molecule has 1 saturated carbocycles. The van der Waals surface area contributed by atoms with Crippen LogP contribution in [0.2, 0.25) is 0 Å². The number of nitrogens with one attached hydrogen (secondary N) is 1. The average molecular weight is 647 g/mol. The monoisotopic (exact) mass is 646 g/mol. The number of oxazole rings is 1. The molecule has 11 heteroatoms. The fourth-order valence-electron chi connectivity index (χ4n) is 6.74. The molecule has 1 N–H and O–H groups in total. The van der Waals surface area contributed by atoms with E-state index in [-0.39, 0.29) is 35.8 Å². The van der Waals surface area contributed by atoms with E-state index in [1.54, 1.807) is 48.5 Å². The summed E-state index contributed by atoms with van der Waals surface area (Å²) in [4.78, 5) is 32.1. The van der Waals surface area contributed by atoms with Crippen molar-refractivity contribution >= 4 is 22.8 Å². The van der Waals surface area contributed by atoms with E-state index in [0.717, 1.165) is 58.0 Å². The predicted octanol–water partition coefficient (Wildman–Crippen LogP) is 7.31. The number of carbonyl (C=O) groups excluding carboxylic acids is 2. The van der Waals surface area contributed by atoms with Gasteiger partial charge >= 0.3 is 12.1 Å². The fraction of sp³-hybridized carbons (Fsp3) is 0.444. The number of halogens is 3. The summed E-state index contributed by atoms with van der Waals surface area (Å²) >= 11 is 0. The molecule has 1 aromatic heterocycles. The van der Waals surface area contributed by atoms with Gasteiger partial charge in [0.05, 0.1) is 17.2 Å². The van der Waals surface area contributed by atoms with Crippen molar-refractivity contribution in [2.75, 3.05) is 13.1 Å². The van der Waals surface area contributed by atoms with Gasteiger partial charge < -0.3 is 14.5 Å². The lowest BCUT2D eigenvalue weighted by Gasteiger charge is -2.37. The lowest BCUT2D eigenvalue weighted by molar-refractivity contribution is -0.0888. The Balaban J connectivity index is 0.935. The summed E-state index contributed by atoms with van der Waals surface area (Å²) in [5, 5.41) is 12.0. The van der Waals surface area contributed by atoms with Gasteiger partial charge in [0, 0.05) is 43.2 Å². The number of fused-ring (bicyclic) bond motifs is 1. The minimum absolute atomic E-state index is 0.00358. The molecule has 1 aliphatic heterocycles. The van der Waals surface area contributed by atoms with Crippen molar-refractivity contribution in [2.24, 2.45) is 5.92 Å². The largest absolute Gasteiger partial charge is 0.490 e. The van der Waals surface area contributed by atoms with Crippen LogP contribution in [0.1, 0.15) is 84.4 Å². The Kier molecular flexibility index (Phi) is 9.78. The van der Waals surface area contributed by atoms with Crippen molar-refractivity contribution < 1.29 is 31.9 Å². The quantitative estimate of drug-likeness (QED) is 0.243. The highest BCUT2D eigenvalue weighted by atomic mass is 19.4. The zero-order chi connectivity index (χ0) is 33.0. The number of amides is 1. The Morgan fingerprint density at radius 3 is 2.45 bits per heavy atom. The van der Waals surface area contributed by atoms with Crippen LogP contribution in [-0.2, 0) is 0 Å². The van der Waals surface area contributed by atoms with E-state index in [0.29, 0.717) is 46.7 Å². The summed E-state index contributed by atoms with van der Waals surface area (Å²) in [5.41, 5.74) is 1.60. The number of alkyl halides is 3. The van der Waals surface area contributed by atoms with Crippen molar-refractivity contribution in [1.29, 1.82) is 5.26 Å². The molecule has 0 radical (unpaired) electrons. The normalized spacial score (nSPS) is 22.4. The number of hydrogen-bond acceptors (Lipinski definition) is 7. The second-order valence-corrected chi connectivity index (χ2v) is 12.7. The van der Waals surface area contributed by atoms with Gasteiger partial charge in [-0.05, 0) is 81.5 Å². The van der Waals surface area contributed by atoms with Crippen LogP contribution >= 0.6 is 0 Å². The number of allylic oxidation sites excluding steroid dienone is 2. The van der Waals surface area contributed by atoms with Crippen LogP contribution < -0.4 is 10.1 Å². The standard InChI is InChI=1S/C36H37F3N4O4/c37-36(38,39)26-8-12-28(13-9-26)43-19-17-29(18-20-43)46-30-14-15-31-33(21-30)47-35(42-31)34(45)41-27-10-3-23(4-11-27)5-16-32(44)25-6-1-24(22-40)2-7-25/h1-2,6-9,12,14-15,21,23,27-29H,3-5,10-11,13,16-20H2,(H,41,45). The van der Waals surface area contributed by atoms with E-state index >= 15 is 0 Å². The van der Waals surface area contributed by atoms with E-state index in [2.05, 4.69) is 21.3 Å². The zero-order valence-electron chi connectivity index (χ0n) is 26.0. The topological polar surface area (TPSA) is 108 Å². The Labute approximate surface area is 271 Å². The number of benzene rings is 2. The van der Waals surface area contributed by atoms with Gasteiger partial charge in [-0.15, -0.1) is 0 Å². The number of nitrogens with zero attached hydrogens (tertiary/aromatic N) is 3. The summed E-state index contributed by atoms with van der Waals surface area (Å²) in [6.45, 7) is 1.45. The number of aromatic nitrogens is 1. The first-order valence-electron chi connectivity index (χ1n) is 16.3. The number of ketones is 1. The fourth-order valence-corrected chi connectivity index (χ4v) is 6.74. The van der Waals surface area contributed by atoms with Crippen LogP contribution in [0.4, 0.5) is 13.2 Å². The molecular formula is C36H37F3N4O4. The number of hydrogen-bond donors (Lipinski definition) is 1. The van der Waals surface area contributed by atoms with Gasteiger partial charge in [-0.1, -0.05) is 30.4 Å². The summed E-state index contributed by atoms with van der Waals surface area (Å²) in [6, 6.07) is 14.1. The van der Waals surface area contributed by atoms with Gasteiger partial charge in [-0.3, -0.25) is 14.5 Å². The van der Waals surface area contributed by atoms with Gasteiger partial charge in [-0.2, -0.15) is 18.4 Å². The van der Waals surface area contributed by atoms with Crippen LogP contribution in [0.5, 0.6) is 5.75 Å². The Hall–Kier alpha value is -4.43. The van der Waals surface area contributed by atoms with Crippen molar-refractivity contribution in [3.63, 3.8) is 0 Å². The van der Waals surface area contributed by atoms with Crippen LogP contribution in [-0.4, -0.2) is 59.0 Å². The van der Waals surface area contributed by atoms with Crippen LogP contribution in [0, 0.1) is 17.2 Å². The van der Waals surface area contributed by atoms with E-state index in [9.17, 15) is 22.8 Å². The molecule has 1 unspecified atom stereocenters. The molecule has 2 heterocycles. The Morgan fingerprint density at radius 1 is 1.04 bits per heavy atom. The molecular weight excluding hydrogens is 609 g/mol. The van der Waals surface area contributed by atoms with E-state index in [1.165, 1.54) is 12.2 Å². The maximum absolute atomic E-state index is 13.0. The molecule has 1 atom stereocenters. The van der Waals surface area contributed by atoms with Crippen LogP contribution in [0.15, 0.2) is 70.7 Å². The number of Topliss-reactive ketones (excluding diaryl/α,β-unsaturated/α-hetero) is 1. The molecule has 1 saturated heterocycles. The SMILES string of the molecule is N#Cc1ccc(C(=O)CCC2CCC(NC(=O)c3nc4ccc(OC5CCN(C6C=CC(C(F)(F)F)=CC6)CC5)cc4o3)CC2)cc1. The molecule has 0 bridgehead atoms. The number of nitriles is 1. The molecule has 6 rings (SSSR count). The van der Waals surface area contributed by atoms with Gasteiger partial charge in [0.15, 0.2) is 11.4 Å². The first kappa shape index (κ1) is 32.5. The van der Waals surface area contributed by atoms with E-state index in [1.807, 2.05) is 0 Å². The second-order valence-electron chi connectivity index (χ2n) is 12.7. The third kappa shape index (κ3) is 8.11. The molecule has 2 fully saturated rings. The van der Waals surface area contributed by atoms with Crippen LogP contribution in [0.3, 0.4) is 0 Å². The third-order valence-corrected chi connectivity index (χ3v) is 9.50. The van der Waals surface area contributed by atoms with Crippen LogP contribution in [0.25, 0.3) is 11.1 Å². The van der Waals surface area contributed by atoms with Crippen molar-refractivity contribution in [3.8, 4) is 11.8 Å². The Morgan fingerprint density at radius 2 is 1.79 bits per heavy atom.